The van der Waals surface area contributed by atoms with Gasteiger partial charge in [0, 0.05) is 11.1 Å². The SMILES string of the molecule is CCOC(=O)Cc1cc(C(F)F)cc(C=O)c1C#N. The number of nitrogens with zero attached hydrogens (tertiary/aromatic N) is 1. The number of esters is 1. The van der Waals surface area contributed by atoms with Gasteiger partial charge in [0.2, 0.25) is 0 Å². The molecule has 0 N–H and O–H groups in total. The predicted octanol–water partition coefficient (Wildman–Crippen LogP) is 2.41. The molecule has 0 aromatic heterocycles. The zero-order valence-electron chi connectivity index (χ0n) is 10.2. The van der Waals surface area contributed by atoms with Crippen LogP contribution in [0.15, 0.2) is 12.1 Å². The summed E-state index contributed by atoms with van der Waals surface area (Å²) in [4.78, 5) is 22.2. The molecule has 0 radical (unpaired) electrons. The van der Waals surface area contributed by atoms with Crippen LogP contribution >= 0.6 is 0 Å². The van der Waals surface area contributed by atoms with Gasteiger partial charge in [-0.3, -0.25) is 9.59 Å². The van der Waals surface area contributed by atoms with Gasteiger partial charge in [-0.15, -0.1) is 0 Å². The Hall–Kier alpha value is -2.29. The number of alkyl halides is 2. The highest BCUT2D eigenvalue weighted by atomic mass is 19.3. The second-order valence-electron chi connectivity index (χ2n) is 3.66. The van der Waals surface area contributed by atoms with E-state index in [9.17, 15) is 18.4 Å². The molecule has 0 fully saturated rings. The molecular weight excluding hydrogens is 256 g/mol. The summed E-state index contributed by atoms with van der Waals surface area (Å²) in [5.41, 5.74) is -0.562. The van der Waals surface area contributed by atoms with Gasteiger partial charge in [-0.2, -0.15) is 5.26 Å². The largest absolute Gasteiger partial charge is 0.466 e. The van der Waals surface area contributed by atoms with Gasteiger partial charge in [0.15, 0.2) is 6.29 Å². The number of rotatable bonds is 5. The summed E-state index contributed by atoms with van der Waals surface area (Å²) in [7, 11) is 0. The molecule has 19 heavy (non-hydrogen) atoms. The van der Waals surface area contributed by atoms with Crippen molar-refractivity contribution in [1.29, 1.82) is 5.26 Å². The van der Waals surface area contributed by atoms with E-state index < -0.39 is 18.0 Å². The number of hydrogen-bond acceptors (Lipinski definition) is 4. The molecule has 1 aromatic rings. The van der Waals surface area contributed by atoms with E-state index >= 15 is 0 Å². The number of halogens is 2. The maximum Gasteiger partial charge on any atom is 0.310 e. The van der Waals surface area contributed by atoms with Crippen molar-refractivity contribution in [2.75, 3.05) is 6.61 Å². The summed E-state index contributed by atoms with van der Waals surface area (Å²) in [5, 5.41) is 8.95. The molecular formula is C13H11F2NO3. The van der Waals surface area contributed by atoms with Crippen molar-refractivity contribution < 1.29 is 23.1 Å². The molecule has 0 saturated carbocycles. The molecule has 0 bridgehead atoms. The average Bonchev–Trinajstić information content (AvgIpc) is 2.37. The third-order valence-corrected chi connectivity index (χ3v) is 2.40. The minimum Gasteiger partial charge on any atom is -0.466 e. The van der Waals surface area contributed by atoms with E-state index in [1.807, 2.05) is 0 Å². The Morgan fingerprint density at radius 2 is 2.21 bits per heavy atom. The van der Waals surface area contributed by atoms with E-state index in [1.165, 1.54) is 0 Å². The van der Waals surface area contributed by atoms with Crippen molar-refractivity contribution >= 4 is 12.3 Å². The molecule has 0 heterocycles. The van der Waals surface area contributed by atoms with Gasteiger partial charge in [-0.25, -0.2) is 8.78 Å². The van der Waals surface area contributed by atoms with Gasteiger partial charge in [0.05, 0.1) is 18.6 Å². The zero-order valence-corrected chi connectivity index (χ0v) is 10.2. The Morgan fingerprint density at radius 3 is 2.68 bits per heavy atom. The second kappa shape index (κ2) is 6.59. The first-order chi connectivity index (χ1) is 9.03. The molecule has 1 aromatic carbocycles. The van der Waals surface area contributed by atoms with Gasteiger partial charge >= 0.3 is 5.97 Å². The molecule has 0 amide bonds. The van der Waals surface area contributed by atoms with E-state index in [0.717, 1.165) is 12.1 Å². The monoisotopic (exact) mass is 267 g/mol. The number of aldehydes is 1. The van der Waals surface area contributed by atoms with Crippen molar-refractivity contribution in [2.24, 2.45) is 0 Å². The molecule has 0 saturated heterocycles. The van der Waals surface area contributed by atoms with Gasteiger partial charge in [0.1, 0.15) is 6.07 Å². The van der Waals surface area contributed by atoms with E-state index in [-0.39, 0.29) is 29.7 Å². The maximum atomic E-state index is 12.7. The summed E-state index contributed by atoms with van der Waals surface area (Å²) < 4.78 is 30.0. The summed E-state index contributed by atoms with van der Waals surface area (Å²) in [6.45, 7) is 1.76. The number of benzene rings is 1. The van der Waals surface area contributed by atoms with E-state index in [0.29, 0.717) is 6.29 Å². The summed E-state index contributed by atoms with van der Waals surface area (Å²) in [6, 6.07) is 3.74. The van der Waals surface area contributed by atoms with Crippen LogP contribution in [0, 0.1) is 11.3 Å². The molecule has 0 aliphatic heterocycles. The van der Waals surface area contributed by atoms with Crippen LogP contribution in [0.5, 0.6) is 0 Å². The van der Waals surface area contributed by atoms with E-state index in [2.05, 4.69) is 0 Å². The second-order valence-corrected chi connectivity index (χ2v) is 3.66. The van der Waals surface area contributed by atoms with Crippen LogP contribution in [0.4, 0.5) is 8.78 Å². The lowest BCUT2D eigenvalue weighted by Gasteiger charge is -2.09. The molecule has 4 nitrogen and oxygen atoms in total. The Labute approximate surface area is 108 Å². The van der Waals surface area contributed by atoms with Gasteiger partial charge < -0.3 is 4.74 Å². The van der Waals surface area contributed by atoms with Crippen molar-refractivity contribution in [2.45, 2.75) is 19.8 Å². The van der Waals surface area contributed by atoms with Gasteiger partial charge in [-0.05, 0) is 24.6 Å². The fraction of sp³-hybridized carbons (Fsp3) is 0.308. The summed E-state index contributed by atoms with van der Waals surface area (Å²) >= 11 is 0. The Balaban J connectivity index is 3.26. The molecule has 0 spiro atoms. The Bertz CT molecular complexity index is 535. The minimum absolute atomic E-state index is 0.0702. The first kappa shape index (κ1) is 14.8. The number of hydrogen-bond donors (Lipinski definition) is 0. The molecule has 1 rings (SSSR count). The minimum atomic E-state index is -2.78. The summed E-state index contributed by atoms with van der Waals surface area (Å²) in [6.07, 6.45) is -2.79. The molecule has 0 aliphatic carbocycles. The van der Waals surface area contributed by atoms with Crippen LogP contribution in [0.1, 0.15) is 40.4 Å². The average molecular weight is 267 g/mol. The van der Waals surface area contributed by atoms with Crippen LogP contribution in [-0.2, 0) is 16.0 Å². The van der Waals surface area contributed by atoms with Crippen LogP contribution in [0.2, 0.25) is 0 Å². The molecule has 6 heteroatoms. The fourth-order valence-electron chi connectivity index (χ4n) is 1.61. The highest BCUT2D eigenvalue weighted by molar-refractivity contribution is 5.82. The fourth-order valence-corrected chi connectivity index (χ4v) is 1.61. The zero-order chi connectivity index (χ0) is 14.4. The lowest BCUT2D eigenvalue weighted by atomic mass is 9.97. The highest BCUT2D eigenvalue weighted by Gasteiger charge is 2.17. The summed E-state index contributed by atoms with van der Waals surface area (Å²) in [5.74, 6) is -0.637. The quantitative estimate of drug-likeness (QED) is 0.607. The van der Waals surface area contributed by atoms with Crippen LogP contribution < -0.4 is 0 Å². The van der Waals surface area contributed by atoms with E-state index in [4.69, 9.17) is 10.00 Å². The first-order valence-electron chi connectivity index (χ1n) is 5.49. The Morgan fingerprint density at radius 1 is 1.53 bits per heavy atom. The Kier molecular flexibility index (Phi) is 5.12. The standard InChI is InChI=1S/C13H11F2NO3/c1-2-19-12(18)5-8-3-9(13(14)15)4-10(7-17)11(8)6-16/h3-4,7,13H,2,5H2,1H3. The van der Waals surface area contributed by atoms with Crippen molar-refractivity contribution in [3.63, 3.8) is 0 Å². The number of nitriles is 1. The van der Waals surface area contributed by atoms with E-state index in [1.54, 1.807) is 13.0 Å². The number of carbonyl (C=O) groups excluding carboxylic acids is 2. The predicted molar refractivity (Wildman–Crippen MR) is 61.8 cm³/mol. The lowest BCUT2D eigenvalue weighted by Crippen LogP contribution is -2.10. The smallest absolute Gasteiger partial charge is 0.310 e. The topological polar surface area (TPSA) is 67.2 Å². The number of carbonyl (C=O) groups is 2. The third kappa shape index (κ3) is 3.58. The first-order valence-corrected chi connectivity index (χ1v) is 5.49. The molecule has 0 unspecified atom stereocenters. The van der Waals surface area contributed by atoms with Crippen molar-refractivity contribution in [3.05, 3.63) is 34.4 Å². The van der Waals surface area contributed by atoms with Crippen LogP contribution in [0.25, 0.3) is 0 Å². The molecule has 0 atom stereocenters. The molecule has 100 valence electrons. The normalized spacial score (nSPS) is 10.1. The van der Waals surface area contributed by atoms with Gasteiger partial charge in [0.25, 0.3) is 6.43 Å². The van der Waals surface area contributed by atoms with Gasteiger partial charge in [-0.1, -0.05) is 0 Å². The lowest BCUT2D eigenvalue weighted by molar-refractivity contribution is -0.142. The van der Waals surface area contributed by atoms with Crippen LogP contribution in [-0.4, -0.2) is 18.9 Å². The highest BCUT2D eigenvalue weighted by Crippen LogP contribution is 2.24. The van der Waals surface area contributed by atoms with Crippen molar-refractivity contribution in [1.82, 2.24) is 0 Å². The maximum absolute atomic E-state index is 12.7. The van der Waals surface area contributed by atoms with Crippen LogP contribution in [0.3, 0.4) is 0 Å². The third-order valence-electron chi connectivity index (χ3n) is 2.40. The number of ether oxygens (including phenoxy) is 1. The molecule has 0 aliphatic rings. The van der Waals surface area contributed by atoms with Crippen molar-refractivity contribution in [3.8, 4) is 6.07 Å².